The van der Waals surface area contributed by atoms with E-state index in [1.807, 2.05) is 36.1 Å². The Bertz CT molecular complexity index is 701. The van der Waals surface area contributed by atoms with Crippen molar-refractivity contribution in [3.8, 4) is 0 Å². The lowest BCUT2D eigenvalue weighted by Crippen LogP contribution is -2.37. The van der Waals surface area contributed by atoms with Crippen molar-refractivity contribution in [2.45, 2.75) is 6.92 Å². The van der Waals surface area contributed by atoms with Crippen molar-refractivity contribution in [1.29, 1.82) is 0 Å². The number of nitrogens with one attached hydrogen (secondary N) is 1. The van der Waals surface area contributed by atoms with Crippen LogP contribution in [-0.4, -0.2) is 42.5 Å². The summed E-state index contributed by atoms with van der Waals surface area (Å²) in [5.74, 6) is 0.0925. The molecule has 1 N–H and O–H groups in total. The van der Waals surface area contributed by atoms with Crippen LogP contribution in [-0.2, 0) is 4.74 Å². The molecule has 1 aliphatic heterocycles. The monoisotopic (exact) mass is 315 g/mol. The van der Waals surface area contributed by atoms with Crippen molar-refractivity contribution in [3.05, 3.63) is 47.4 Å². The number of aromatic nitrogens is 2. The van der Waals surface area contributed by atoms with E-state index in [0.717, 1.165) is 17.3 Å². The number of halogens is 1. The van der Waals surface area contributed by atoms with Crippen LogP contribution in [0.2, 0.25) is 0 Å². The molecule has 2 aromatic rings. The van der Waals surface area contributed by atoms with Crippen LogP contribution < -0.4 is 10.3 Å². The number of hydrazone groups is 1. The molecule has 1 aromatic heterocycles. The van der Waals surface area contributed by atoms with E-state index >= 15 is 0 Å². The molecule has 7 heteroatoms. The molecule has 6 nitrogen and oxygen atoms in total. The van der Waals surface area contributed by atoms with Crippen LogP contribution in [0.15, 0.2) is 35.6 Å². The summed E-state index contributed by atoms with van der Waals surface area (Å²) in [5, 5.41) is 4.12. The van der Waals surface area contributed by atoms with Crippen molar-refractivity contribution < 1.29 is 9.13 Å². The van der Waals surface area contributed by atoms with Gasteiger partial charge in [0.05, 0.1) is 25.6 Å². The van der Waals surface area contributed by atoms with Crippen LogP contribution in [0.25, 0.3) is 0 Å². The van der Waals surface area contributed by atoms with Gasteiger partial charge in [-0.2, -0.15) is 10.1 Å². The highest BCUT2D eigenvalue weighted by Crippen LogP contribution is 2.18. The zero-order valence-corrected chi connectivity index (χ0v) is 12.9. The smallest absolute Gasteiger partial charge is 0.245 e. The number of benzene rings is 1. The van der Waals surface area contributed by atoms with Crippen molar-refractivity contribution in [1.82, 2.24) is 9.97 Å². The third kappa shape index (κ3) is 3.81. The second kappa shape index (κ2) is 7.15. The molecule has 0 radical (unpaired) electrons. The maximum atomic E-state index is 13.9. The topological polar surface area (TPSA) is 62.6 Å². The minimum absolute atomic E-state index is 0.262. The van der Waals surface area contributed by atoms with Gasteiger partial charge in [0.15, 0.2) is 11.6 Å². The molecule has 1 aromatic carbocycles. The molecular weight excluding hydrogens is 297 g/mol. The second-order valence-corrected chi connectivity index (χ2v) is 5.19. The van der Waals surface area contributed by atoms with E-state index in [1.54, 1.807) is 6.21 Å². The fourth-order valence-electron chi connectivity index (χ4n) is 2.30. The van der Waals surface area contributed by atoms with Crippen molar-refractivity contribution >= 4 is 18.0 Å². The Morgan fingerprint density at radius 1 is 1.30 bits per heavy atom. The molecule has 0 aliphatic carbocycles. The van der Waals surface area contributed by atoms with Gasteiger partial charge >= 0.3 is 0 Å². The largest absolute Gasteiger partial charge is 0.378 e. The number of morpholine rings is 1. The molecule has 0 atom stereocenters. The fourth-order valence-corrected chi connectivity index (χ4v) is 2.30. The zero-order chi connectivity index (χ0) is 16.1. The summed E-state index contributed by atoms with van der Waals surface area (Å²) in [7, 11) is 0. The van der Waals surface area contributed by atoms with Gasteiger partial charge in [0.2, 0.25) is 5.95 Å². The molecule has 1 fully saturated rings. The minimum Gasteiger partial charge on any atom is -0.378 e. The van der Waals surface area contributed by atoms with E-state index in [9.17, 15) is 4.39 Å². The number of nitrogens with zero attached hydrogens (tertiary/aromatic N) is 4. The first-order valence-electron chi connectivity index (χ1n) is 7.44. The number of hydrogen-bond acceptors (Lipinski definition) is 6. The highest BCUT2D eigenvalue weighted by Gasteiger charge is 2.17. The number of rotatable bonds is 4. The maximum absolute atomic E-state index is 13.9. The summed E-state index contributed by atoms with van der Waals surface area (Å²) in [6.07, 6.45) is 2.85. The van der Waals surface area contributed by atoms with Gasteiger partial charge in [0.25, 0.3) is 0 Å². The molecule has 0 unspecified atom stereocenters. The van der Waals surface area contributed by atoms with Crippen LogP contribution in [0, 0.1) is 12.7 Å². The molecule has 0 amide bonds. The lowest BCUT2D eigenvalue weighted by atomic mass is 10.1. The Balaban J connectivity index is 1.72. The lowest BCUT2D eigenvalue weighted by Gasteiger charge is -2.27. The Kier molecular flexibility index (Phi) is 4.77. The summed E-state index contributed by atoms with van der Waals surface area (Å²) in [5.41, 5.74) is 4.86. The third-order valence-electron chi connectivity index (χ3n) is 3.59. The summed E-state index contributed by atoms with van der Waals surface area (Å²) in [4.78, 5) is 9.97. The van der Waals surface area contributed by atoms with Crippen LogP contribution in [0.3, 0.4) is 0 Å². The van der Waals surface area contributed by atoms with Gasteiger partial charge in [0.1, 0.15) is 0 Å². The first kappa shape index (κ1) is 15.4. The van der Waals surface area contributed by atoms with Crippen LogP contribution in [0.1, 0.15) is 11.1 Å². The van der Waals surface area contributed by atoms with Crippen LogP contribution in [0.4, 0.5) is 16.2 Å². The number of ether oxygens (including phenoxy) is 1. The maximum Gasteiger partial charge on any atom is 0.245 e. The van der Waals surface area contributed by atoms with E-state index < -0.39 is 5.82 Å². The summed E-state index contributed by atoms with van der Waals surface area (Å²) in [6.45, 7) is 4.36. The van der Waals surface area contributed by atoms with Gasteiger partial charge in [-0.15, -0.1) is 0 Å². The van der Waals surface area contributed by atoms with Crippen molar-refractivity contribution in [3.63, 3.8) is 0 Å². The fraction of sp³-hybridized carbons (Fsp3) is 0.312. The van der Waals surface area contributed by atoms with Crippen molar-refractivity contribution in [2.75, 3.05) is 36.6 Å². The zero-order valence-electron chi connectivity index (χ0n) is 12.9. The van der Waals surface area contributed by atoms with E-state index in [1.165, 1.54) is 0 Å². The van der Waals surface area contributed by atoms with Gasteiger partial charge in [0, 0.05) is 13.1 Å². The predicted octanol–water partition coefficient (Wildman–Crippen LogP) is 2.21. The van der Waals surface area contributed by atoms with Gasteiger partial charge in [-0.25, -0.2) is 14.8 Å². The number of anilines is 2. The SMILES string of the molecule is Cc1ccccc1/C=N/Nc1ncc(F)c(N2CCOCC2)n1. The first-order valence-corrected chi connectivity index (χ1v) is 7.44. The quantitative estimate of drug-likeness (QED) is 0.692. The lowest BCUT2D eigenvalue weighted by molar-refractivity contribution is 0.122. The van der Waals surface area contributed by atoms with E-state index in [0.29, 0.717) is 26.3 Å². The first-order chi connectivity index (χ1) is 11.2. The molecule has 0 spiro atoms. The van der Waals surface area contributed by atoms with Crippen molar-refractivity contribution in [2.24, 2.45) is 5.10 Å². The van der Waals surface area contributed by atoms with Gasteiger partial charge in [-0.1, -0.05) is 24.3 Å². The van der Waals surface area contributed by atoms with E-state index in [-0.39, 0.29) is 11.8 Å². The Morgan fingerprint density at radius 3 is 2.87 bits per heavy atom. The predicted molar refractivity (Wildman–Crippen MR) is 87.4 cm³/mol. The summed E-state index contributed by atoms with van der Waals surface area (Å²) in [6, 6.07) is 7.88. The Hall–Kier alpha value is -2.54. The molecule has 0 bridgehead atoms. The molecular formula is C16H18FN5O. The second-order valence-electron chi connectivity index (χ2n) is 5.19. The van der Waals surface area contributed by atoms with E-state index in [4.69, 9.17) is 4.74 Å². The summed E-state index contributed by atoms with van der Waals surface area (Å²) >= 11 is 0. The average Bonchev–Trinajstić information content (AvgIpc) is 2.59. The third-order valence-corrected chi connectivity index (χ3v) is 3.59. The van der Waals surface area contributed by atoms with Gasteiger partial charge in [-0.05, 0) is 18.1 Å². The van der Waals surface area contributed by atoms with Gasteiger partial charge < -0.3 is 9.64 Å². The van der Waals surface area contributed by atoms with E-state index in [2.05, 4.69) is 20.5 Å². The number of aryl methyl sites for hydroxylation is 1. The highest BCUT2D eigenvalue weighted by molar-refractivity contribution is 5.81. The van der Waals surface area contributed by atoms with Crippen LogP contribution >= 0.6 is 0 Å². The standard InChI is InChI=1S/C16H18FN5O/c1-12-4-2-3-5-13(12)10-19-21-16-18-11-14(17)15(20-16)22-6-8-23-9-7-22/h2-5,10-11H,6-9H2,1H3,(H,18,20,21)/b19-10+. The molecule has 0 saturated carbocycles. The molecule has 2 heterocycles. The molecule has 23 heavy (non-hydrogen) atoms. The normalized spacial score (nSPS) is 15.1. The number of hydrogen-bond donors (Lipinski definition) is 1. The van der Waals surface area contributed by atoms with Crippen LogP contribution in [0.5, 0.6) is 0 Å². The average molecular weight is 315 g/mol. The highest BCUT2D eigenvalue weighted by atomic mass is 19.1. The molecule has 1 aliphatic rings. The minimum atomic E-state index is -0.444. The summed E-state index contributed by atoms with van der Waals surface area (Å²) < 4.78 is 19.2. The van der Waals surface area contributed by atoms with Gasteiger partial charge in [-0.3, -0.25) is 0 Å². The molecule has 3 rings (SSSR count). The Morgan fingerprint density at radius 2 is 2.09 bits per heavy atom. The molecule has 1 saturated heterocycles. The Labute approximate surface area is 134 Å². The molecule has 120 valence electrons.